The Hall–Kier alpha value is -0.500. The number of hydrogen-bond donors (Lipinski definition) is 4. The fourth-order valence-corrected chi connectivity index (χ4v) is 10.5. The molecule has 4 N–H and O–H groups in total. The van der Waals surface area contributed by atoms with Gasteiger partial charge in [-0.25, -0.2) is 0 Å². The Balaban J connectivity index is 1.27. The van der Waals surface area contributed by atoms with Gasteiger partial charge in [-0.3, -0.25) is 0 Å². The average Bonchev–Trinajstić information content (AvgIpc) is 3.30. The minimum absolute atomic E-state index is 0.0942. The van der Waals surface area contributed by atoms with Crippen molar-refractivity contribution in [1.82, 2.24) is 0 Å². The van der Waals surface area contributed by atoms with Crippen LogP contribution in [0.2, 0.25) is 0 Å². The fraction of sp³-hybridized carbons (Fsp3) is 0.943. The molecule has 0 aromatic carbocycles. The predicted molar refractivity (Wildman–Crippen MR) is 161 cm³/mol. The van der Waals surface area contributed by atoms with Crippen LogP contribution in [0, 0.1) is 58.2 Å². The zero-order valence-electron chi connectivity index (χ0n) is 26.8. The quantitative estimate of drug-likeness (QED) is 0.277. The van der Waals surface area contributed by atoms with Crippen LogP contribution in [0.4, 0.5) is 0 Å². The molecule has 1 saturated heterocycles. The molecule has 15 atom stereocenters. The average molecular weight is 577 g/mol. The Kier molecular flexibility index (Phi) is 9.43. The summed E-state index contributed by atoms with van der Waals surface area (Å²) in [6, 6.07) is 0. The Labute approximate surface area is 249 Å². The van der Waals surface area contributed by atoms with Crippen LogP contribution in [-0.2, 0) is 9.47 Å². The smallest absolute Gasteiger partial charge is 0.186 e. The molecule has 41 heavy (non-hydrogen) atoms. The van der Waals surface area contributed by atoms with Crippen LogP contribution in [0.15, 0.2) is 11.6 Å². The topological polar surface area (TPSA) is 99.4 Å². The van der Waals surface area contributed by atoms with E-state index in [-0.39, 0.29) is 17.4 Å². The van der Waals surface area contributed by atoms with Crippen LogP contribution in [-0.4, -0.2) is 63.8 Å². The molecule has 0 amide bonds. The van der Waals surface area contributed by atoms with E-state index in [1.165, 1.54) is 38.5 Å². The number of ether oxygens (including phenoxy) is 2. The van der Waals surface area contributed by atoms with Gasteiger partial charge in [0.05, 0.1) is 12.7 Å². The molecule has 4 fully saturated rings. The lowest BCUT2D eigenvalue weighted by atomic mass is 9.46. The highest BCUT2D eigenvalue weighted by Crippen LogP contribution is 2.67. The van der Waals surface area contributed by atoms with Gasteiger partial charge in [-0.1, -0.05) is 73.0 Å². The van der Waals surface area contributed by atoms with Crippen molar-refractivity contribution in [2.75, 3.05) is 6.61 Å². The summed E-state index contributed by atoms with van der Waals surface area (Å²) < 4.78 is 12.1. The second-order valence-electron chi connectivity index (χ2n) is 15.9. The van der Waals surface area contributed by atoms with E-state index in [0.717, 1.165) is 48.9 Å². The largest absolute Gasteiger partial charge is 0.394 e. The third-order valence-corrected chi connectivity index (χ3v) is 13.7. The van der Waals surface area contributed by atoms with Crippen molar-refractivity contribution >= 4 is 0 Å². The van der Waals surface area contributed by atoms with Gasteiger partial charge in [0.1, 0.15) is 24.4 Å². The van der Waals surface area contributed by atoms with Gasteiger partial charge in [0.2, 0.25) is 0 Å². The summed E-state index contributed by atoms with van der Waals surface area (Å²) in [7, 11) is 0. The molecule has 0 aromatic rings. The van der Waals surface area contributed by atoms with E-state index < -0.39 is 37.3 Å². The van der Waals surface area contributed by atoms with Gasteiger partial charge < -0.3 is 29.9 Å². The van der Waals surface area contributed by atoms with Crippen molar-refractivity contribution in [3.63, 3.8) is 0 Å². The Bertz CT molecular complexity index is 934. The van der Waals surface area contributed by atoms with Crippen molar-refractivity contribution in [2.24, 2.45) is 58.2 Å². The molecule has 1 heterocycles. The fourth-order valence-electron chi connectivity index (χ4n) is 10.5. The molecule has 0 spiro atoms. The maximum absolute atomic E-state index is 10.6. The number of fused-ring (bicyclic) bond motifs is 5. The van der Waals surface area contributed by atoms with Crippen molar-refractivity contribution in [3.8, 4) is 0 Å². The Morgan fingerprint density at radius 2 is 1.59 bits per heavy atom. The van der Waals surface area contributed by atoms with E-state index in [9.17, 15) is 20.4 Å². The number of allylic oxidation sites excluding steroid dienone is 2. The normalized spacial score (nSPS) is 49.6. The van der Waals surface area contributed by atoms with Gasteiger partial charge in [0, 0.05) is 0 Å². The zero-order chi connectivity index (χ0) is 29.9. The van der Waals surface area contributed by atoms with Crippen molar-refractivity contribution in [2.45, 2.75) is 143 Å². The minimum Gasteiger partial charge on any atom is -0.394 e. The van der Waals surface area contributed by atoms with Gasteiger partial charge >= 0.3 is 0 Å². The van der Waals surface area contributed by atoms with E-state index in [1.807, 2.05) is 0 Å². The van der Waals surface area contributed by atoms with Crippen LogP contribution in [0.1, 0.15) is 106 Å². The van der Waals surface area contributed by atoms with Gasteiger partial charge in [-0.2, -0.15) is 0 Å². The molecule has 0 aromatic heterocycles. The standard InChI is InChI=1S/C35H60O6/c1-19(2)20(3)8-9-21(4)24-12-13-26-23-10-11-25-22(5)28(15-17-35(25,7)27(23)14-16-34(24,26)6)40-33-32(39)31(38)30(37)29(18-36)41-33/h10,19-22,24-33,36-39H,8-9,11-18H2,1-7H3/t20-,21+,22?,24+,25?,26-,27-,28?,29+,30+,31-,32+,33+,34+,35-/m0/s1. The van der Waals surface area contributed by atoms with Crippen LogP contribution in [0.25, 0.3) is 0 Å². The summed E-state index contributed by atoms with van der Waals surface area (Å²) in [6.45, 7) is 16.7. The van der Waals surface area contributed by atoms with E-state index in [2.05, 4.69) is 54.5 Å². The molecule has 6 heteroatoms. The van der Waals surface area contributed by atoms with Crippen LogP contribution >= 0.6 is 0 Å². The first-order valence-corrected chi connectivity index (χ1v) is 17.0. The Morgan fingerprint density at radius 3 is 2.27 bits per heavy atom. The summed E-state index contributed by atoms with van der Waals surface area (Å²) in [5, 5.41) is 40.6. The molecular formula is C35H60O6. The van der Waals surface area contributed by atoms with Crippen molar-refractivity contribution in [3.05, 3.63) is 11.6 Å². The summed E-state index contributed by atoms with van der Waals surface area (Å²) in [5.74, 6) is 5.36. The molecule has 5 aliphatic rings. The third kappa shape index (κ3) is 5.50. The van der Waals surface area contributed by atoms with Crippen LogP contribution < -0.4 is 0 Å². The number of aliphatic hydroxyl groups excluding tert-OH is 4. The maximum atomic E-state index is 10.6. The summed E-state index contributed by atoms with van der Waals surface area (Å²) in [6.07, 6.45) is 7.61. The Morgan fingerprint density at radius 1 is 0.902 bits per heavy atom. The molecule has 3 unspecified atom stereocenters. The van der Waals surface area contributed by atoms with Gasteiger partial charge in [0.15, 0.2) is 6.29 Å². The molecule has 5 rings (SSSR count). The van der Waals surface area contributed by atoms with Crippen LogP contribution in [0.5, 0.6) is 0 Å². The molecule has 0 radical (unpaired) electrons. The van der Waals surface area contributed by atoms with Crippen molar-refractivity contribution in [1.29, 1.82) is 0 Å². The second-order valence-corrected chi connectivity index (χ2v) is 15.9. The monoisotopic (exact) mass is 576 g/mol. The highest BCUT2D eigenvalue weighted by atomic mass is 16.7. The minimum atomic E-state index is -1.40. The van der Waals surface area contributed by atoms with Gasteiger partial charge in [0.25, 0.3) is 0 Å². The third-order valence-electron chi connectivity index (χ3n) is 13.7. The summed E-state index contributed by atoms with van der Waals surface area (Å²) in [4.78, 5) is 0. The first kappa shape index (κ1) is 31.9. The van der Waals surface area contributed by atoms with E-state index in [1.54, 1.807) is 5.57 Å². The first-order chi connectivity index (χ1) is 19.3. The molecule has 3 saturated carbocycles. The van der Waals surface area contributed by atoms with Gasteiger partial charge in [-0.05, 0) is 103 Å². The van der Waals surface area contributed by atoms with Gasteiger partial charge in [-0.15, -0.1) is 0 Å². The molecule has 1 aliphatic heterocycles. The lowest BCUT2D eigenvalue weighted by Crippen LogP contribution is -2.60. The molecule has 4 aliphatic carbocycles. The van der Waals surface area contributed by atoms with Crippen molar-refractivity contribution < 1.29 is 29.9 Å². The lowest BCUT2D eigenvalue weighted by molar-refractivity contribution is -0.320. The SMILES string of the molecule is CC1C(O[C@@H]2O[C@H](CO)[C@@H](O)[C@H](O)[C@H]2O)CC[C@@]2(C)C1CC=C1[C@@H]3CC[C@H]([C@H](C)CC[C@H](C)C(C)C)[C@@]3(C)CC[C@@H]12. The zero-order valence-corrected chi connectivity index (χ0v) is 26.8. The molecule has 0 bridgehead atoms. The molecular weight excluding hydrogens is 516 g/mol. The van der Waals surface area contributed by atoms with E-state index in [0.29, 0.717) is 17.3 Å². The lowest BCUT2D eigenvalue weighted by Gasteiger charge is -2.60. The number of rotatable bonds is 8. The van der Waals surface area contributed by atoms with E-state index in [4.69, 9.17) is 9.47 Å². The summed E-state index contributed by atoms with van der Waals surface area (Å²) in [5.41, 5.74) is 2.46. The van der Waals surface area contributed by atoms with Crippen LogP contribution in [0.3, 0.4) is 0 Å². The maximum Gasteiger partial charge on any atom is 0.186 e. The predicted octanol–water partition coefficient (Wildman–Crippen LogP) is 5.70. The highest BCUT2D eigenvalue weighted by Gasteiger charge is 2.59. The summed E-state index contributed by atoms with van der Waals surface area (Å²) >= 11 is 0. The number of hydrogen-bond acceptors (Lipinski definition) is 6. The highest BCUT2D eigenvalue weighted by molar-refractivity contribution is 5.28. The first-order valence-electron chi connectivity index (χ1n) is 17.0. The molecule has 6 nitrogen and oxygen atoms in total. The van der Waals surface area contributed by atoms with E-state index >= 15 is 0 Å². The second kappa shape index (κ2) is 12.1. The molecule has 236 valence electrons. The number of aliphatic hydroxyl groups is 4.